The quantitative estimate of drug-likeness (QED) is 0.716. The molecule has 0 aliphatic rings. The van der Waals surface area contributed by atoms with Crippen LogP contribution >= 0.6 is 0 Å². The fourth-order valence-electron chi connectivity index (χ4n) is 0.964. The number of phenolic OH excluding ortho intramolecular Hbond substituents is 1. The van der Waals surface area contributed by atoms with E-state index in [1.54, 1.807) is 26.0 Å². The van der Waals surface area contributed by atoms with Crippen molar-refractivity contribution in [2.75, 3.05) is 0 Å². The molecule has 0 saturated carbocycles. The van der Waals surface area contributed by atoms with Crippen LogP contribution in [0.2, 0.25) is 0 Å². The lowest BCUT2D eigenvalue weighted by atomic mass is 10.0. The van der Waals surface area contributed by atoms with Crippen molar-refractivity contribution in [3.05, 3.63) is 29.8 Å². The van der Waals surface area contributed by atoms with E-state index in [0.29, 0.717) is 0 Å². The zero-order valence-electron chi connectivity index (χ0n) is 7.52. The molecule has 0 aliphatic heterocycles. The van der Waals surface area contributed by atoms with Gasteiger partial charge in [0, 0.05) is 0 Å². The first-order chi connectivity index (χ1) is 5.94. The predicted octanol–water partition coefficient (Wildman–Crippen LogP) is 1.85. The standard InChI is InChI=1S/C9H12O3S/c1-9(2,13(11)12)7-3-5-8(10)6-4-7/h3-6,10H,1-2H3,(H,11,12). The highest BCUT2D eigenvalue weighted by molar-refractivity contribution is 7.80. The number of hydrogen-bond acceptors (Lipinski definition) is 2. The fraction of sp³-hybridized carbons (Fsp3) is 0.333. The summed E-state index contributed by atoms with van der Waals surface area (Å²) < 4.78 is 19.2. The Labute approximate surface area is 79.7 Å². The number of hydrogen-bond donors (Lipinski definition) is 2. The van der Waals surface area contributed by atoms with Crippen LogP contribution in [0.3, 0.4) is 0 Å². The molecule has 1 aromatic rings. The van der Waals surface area contributed by atoms with E-state index in [9.17, 15) is 4.21 Å². The fourth-order valence-corrected chi connectivity index (χ4v) is 1.30. The lowest BCUT2D eigenvalue weighted by molar-refractivity contribution is 0.474. The van der Waals surface area contributed by atoms with Crippen LogP contribution in [0.4, 0.5) is 0 Å². The minimum absolute atomic E-state index is 0.156. The van der Waals surface area contributed by atoms with Gasteiger partial charge in [-0.2, -0.15) is 0 Å². The Morgan fingerprint density at radius 3 is 2.08 bits per heavy atom. The van der Waals surface area contributed by atoms with Crippen LogP contribution in [-0.4, -0.2) is 13.9 Å². The molecule has 1 atom stereocenters. The van der Waals surface area contributed by atoms with Crippen LogP contribution in [-0.2, 0) is 15.8 Å². The van der Waals surface area contributed by atoms with E-state index >= 15 is 0 Å². The number of phenols is 1. The van der Waals surface area contributed by atoms with Crippen molar-refractivity contribution in [1.29, 1.82) is 0 Å². The summed E-state index contributed by atoms with van der Waals surface area (Å²) in [7, 11) is 0. The Morgan fingerprint density at radius 2 is 1.69 bits per heavy atom. The summed E-state index contributed by atoms with van der Waals surface area (Å²) in [5.41, 5.74) is 0.728. The molecule has 0 aromatic heterocycles. The van der Waals surface area contributed by atoms with Crippen LogP contribution in [0.25, 0.3) is 0 Å². The van der Waals surface area contributed by atoms with E-state index in [0.717, 1.165) is 5.56 Å². The maximum Gasteiger partial charge on any atom is 0.163 e. The third-order valence-electron chi connectivity index (χ3n) is 2.00. The maximum atomic E-state index is 11.0. The largest absolute Gasteiger partial charge is 0.508 e. The van der Waals surface area contributed by atoms with Gasteiger partial charge in [0.2, 0.25) is 0 Å². The highest BCUT2D eigenvalue weighted by Gasteiger charge is 2.26. The van der Waals surface area contributed by atoms with E-state index in [-0.39, 0.29) is 5.75 Å². The molecule has 1 rings (SSSR count). The van der Waals surface area contributed by atoms with Gasteiger partial charge in [-0.25, -0.2) is 4.21 Å². The van der Waals surface area contributed by atoms with Gasteiger partial charge < -0.3 is 9.66 Å². The van der Waals surface area contributed by atoms with Crippen molar-refractivity contribution < 1.29 is 13.9 Å². The van der Waals surface area contributed by atoms with Gasteiger partial charge in [-0.15, -0.1) is 0 Å². The minimum atomic E-state index is -1.92. The summed E-state index contributed by atoms with van der Waals surface area (Å²) in [5.74, 6) is 0.156. The summed E-state index contributed by atoms with van der Waals surface area (Å²) in [6.07, 6.45) is 0. The lowest BCUT2D eigenvalue weighted by Gasteiger charge is -2.20. The Kier molecular flexibility index (Phi) is 2.73. The van der Waals surface area contributed by atoms with Crippen molar-refractivity contribution >= 4 is 11.1 Å². The van der Waals surface area contributed by atoms with Crippen molar-refractivity contribution in [3.63, 3.8) is 0 Å². The van der Waals surface area contributed by atoms with Gasteiger partial charge >= 0.3 is 0 Å². The minimum Gasteiger partial charge on any atom is -0.508 e. The Bertz CT molecular complexity index is 316. The molecule has 72 valence electrons. The van der Waals surface area contributed by atoms with Crippen LogP contribution in [0.15, 0.2) is 24.3 Å². The topological polar surface area (TPSA) is 57.5 Å². The van der Waals surface area contributed by atoms with Gasteiger partial charge in [0.25, 0.3) is 0 Å². The molecule has 1 unspecified atom stereocenters. The van der Waals surface area contributed by atoms with E-state index in [1.807, 2.05) is 0 Å². The molecule has 3 nitrogen and oxygen atoms in total. The van der Waals surface area contributed by atoms with Crippen LogP contribution < -0.4 is 0 Å². The third kappa shape index (κ3) is 2.08. The van der Waals surface area contributed by atoms with Gasteiger partial charge in [0.15, 0.2) is 11.1 Å². The molecule has 0 aliphatic carbocycles. The number of rotatable bonds is 2. The first-order valence-corrected chi connectivity index (χ1v) is 4.96. The summed E-state index contributed by atoms with van der Waals surface area (Å²) in [4.78, 5) is 0. The van der Waals surface area contributed by atoms with Gasteiger partial charge in [0.1, 0.15) is 5.75 Å². The Balaban J connectivity index is 3.08. The third-order valence-corrected chi connectivity index (χ3v) is 3.11. The van der Waals surface area contributed by atoms with Gasteiger partial charge in [-0.3, -0.25) is 0 Å². The molecular weight excluding hydrogens is 188 g/mol. The summed E-state index contributed by atoms with van der Waals surface area (Å²) in [6.45, 7) is 3.35. The van der Waals surface area contributed by atoms with Crippen molar-refractivity contribution in [1.82, 2.24) is 0 Å². The Hall–Kier alpha value is -0.870. The van der Waals surface area contributed by atoms with E-state index < -0.39 is 15.8 Å². The average molecular weight is 200 g/mol. The van der Waals surface area contributed by atoms with E-state index in [4.69, 9.17) is 9.66 Å². The molecule has 0 bridgehead atoms. The Morgan fingerprint density at radius 1 is 1.23 bits per heavy atom. The first-order valence-electron chi connectivity index (χ1n) is 3.85. The predicted molar refractivity (Wildman–Crippen MR) is 51.9 cm³/mol. The lowest BCUT2D eigenvalue weighted by Crippen LogP contribution is -2.22. The monoisotopic (exact) mass is 200 g/mol. The second kappa shape index (κ2) is 3.47. The van der Waals surface area contributed by atoms with Crippen molar-refractivity contribution in [3.8, 4) is 5.75 Å². The van der Waals surface area contributed by atoms with Gasteiger partial charge in [-0.1, -0.05) is 12.1 Å². The SMILES string of the molecule is CC(C)(c1ccc(O)cc1)S(=O)O. The van der Waals surface area contributed by atoms with Crippen LogP contribution in [0.1, 0.15) is 19.4 Å². The average Bonchev–Trinajstić information content (AvgIpc) is 2.04. The van der Waals surface area contributed by atoms with Crippen molar-refractivity contribution in [2.45, 2.75) is 18.6 Å². The van der Waals surface area contributed by atoms with Crippen LogP contribution in [0, 0.1) is 0 Å². The molecule has 0 fully saturated rings. The maximum absolute atomic E-state index is 11.0. The number of aromatic hydroxyl groups is 1. The molecule has 2 N–H and O–H groups in total. The molecule has 0 saturated heterocycles. The van der Waals surface area contributed by atoms with Crippen molar-refractivity contribution in [2.24, 2.45) is 0 Å². The molecule has 1 aromatic carbocycles. The van der Waals surface area contributed by atoms with Gasteiger partial charge in [-0.05, 0) is 31.5 Å². The molecule has 13 heavy (non-hydrogen) atoms. The normalized spacial score (nSPS) is 14.1. The highest BCUT2D eigenvalue weighted by atomic mass is 32.2. The summed E-state index contributed by atoms with van der Waals surface area (Å²) in [6, 6.07) is 6.29. The summed E-state index contributed by atoms with van der Waals surface area (Å²) in [5, 5.41) is 9.02. The number of benzene rings is 1. The first kappa shape index (κ1) is 10.2. The molecular formula is C9H12O3S. The zero-order chi connectivity index (χ0) is 10.1. The second-order valence-electron chi connectivity index (χ2n) is 3.31. The molecule has 0 amide bonds. The molecule has 0 radical (unpaired) electrons. The smallest absolute Gasteiger partial charge is 0.163 e. The molecule has 0 spiro atoms. The summed E-state index contributed by atoms with van der Waals surface area (Å²) >= 11 is -1.92. The van der Waals surface area contributed by atoms with E-state index in [1.165, 1.54) is 12.1 Å². The van der Waals surface area contributed by atoms with E-state index in [2.05, 4.69) is 0 Å². The van der Waals surface area contributed by atoms with Gasteiger partial charge in [0.05, 0.1) is 4.75 Å². The highest BCUT2D eigenvalue weighted by Crippen LogP contribution is 2.27. The molecule has 4 heteroatoms. The molecule has 0 heterocycles. The van der Waals surface area contributed by atoms with Crippen LogP contribution in [0.5, 0.6) is 5.75 Å². The second-order valence-corrected chi connectivity index (χ2v) is 4.83. The zero-order valence-corrected chi connectivity index (χ0v) is 8.34.